The second-order valence-electron chi connectivity index (χ2n) is 6.71. The van der Waals surface area contributed by atoms with Crippen LogP contribution in [0.1, 0.15) is 39.5 Å². The fraction of sp³-hybridized carbons (Fsp3) is 0.588. The van der Waals surface area contributed by atoms with Crippen molar-refractivity contribution in [3.05, 3.63) is 18.2 Å². The van der Waals surface area contributed by atoms with Gasteiger partial charge in [-0.3, -0.25) is 9.52 Å². The highest BCUT2D eigenvalue weighted by Crippen LogP contribution is 2.33. The van der Waals surface area contributed by atoms with E-state index in [9.17, 15) is 13.2 Å². The average molecular weight is 369 g/mol. The van der Waals surface area contributed by atoms with Crippen molar-refractivity contribution in [2.24, 2.45) is 11.7 Å². The third-order valence-corrected chi connectivity index (χ3v) is 5.98. The molecule has 140 valence electrons. The number of ether oxygens (including phenoxy) is 1. The van der Waals surface area contributed by atoms with Crippen LogP contribution in [0.3, 0.4) is 0 Å². The fourth-order valence-electron chi connectivity index (χ4n) is 3.11. The van der Waals surface area contributed by atoms with Gasteiger partial charge in [0.25, 0.3) is 0 Å². The maximum Gasteiger partial charge on any atom is 0.232 e. The summed E-state index contributed by atoms with van der Waals surface area (Å²) in [5, 5.41) is 2.87. The summed E-state index contributed by atoms with van der Waals surface area (Å²) in [6.07, 6.45) is 3.62. The largest absolute Gasteiger partial charge is 0.494 e. The smallest absolute Gasteiger partial charge is 0.232 e. The normalized spacial score (nSPS) is 23.8. The lowest BCUT2D eigenvalue weighted by Crippen LogP contribution is -2.51. The van der Waals surface area contributed by atoms with E-state index in [4.69, 9.17) is 10.5 Å². The zero-order chi connectivity index (χ0) is 18.7. The summed E-state index contributed by atoms with van der Waals surface area (Å²) in [5.74, 6) is -0.0565. The van der Waals surface area contributed by atoms with Crippen LogP contribution in [-0.4, -0.2) is 32.7 Å². The number of methoxy groups -OCH3 is 1. The number of carbonyl (C=O) groups excluding carboxylic acids is 1. The predicted octanol–water partition coefficient (Wildman–Crippen LogP) is 2.30. The van der Waals surface area contributed by atoms with Crippen LogP contribution in [0.5, 0.6) is 5.75 Å². The van der Waals surface area contributed by atoms with Crippen LogP contribution in [0.4, 0.5) is 11.4 Å². The Morgan fingerprint density at radius 1 is 1.40 bits per heavy atom. The molecule has 0 heterocycles. The molecule has 1 aromatic rings. The van der Waals surface area contributed by atoms with Gasteiger partial charge in [-0.2, -0.15) is 0 Å². The van der Waals surface area contributed by atoms with E-state index < -0.39 is 15.6 Å². The molecule has 1 aliphatic carbocycles. The Morgan fingerprint density at radius 2 is 2.12 bits per heavy atom. The first-order valence-electron chi connectivity index (χ1n) is 8.47. The number of hydrogen-bond donors (Lipinski definition) is 3. The molecule has 1 fully saturated rings. The minimum atomic E-state index is -3.41. The molecule has 8 heteroatoms. The topological polar surface area (TPSA) is 111 Å². The average Bonchev–Trinajstić information content (AvgIpc) is 2.55. The summed E-state index contributed by atoms with van der Waals surface area (Å²) in [5.41, 5.74) is 6.65. The maximum atomic E-state index is 12.6. The Balaban J connectivity index is 2.16. The minimum Gasteiger partial charge on any atom is -0.494 e. The number of nitrogens with two attached hydrogens (primary N) is 1. The molecule has 0 aromatic heterocycles. The highest BCUT2D eigenvalue weighted by molar-refractivity contribution is 7.92. The minimum absolute atomic E-state index is 0.0363. The molecule has 0 spiro atoms. The van der Waals surface area contributed by atoms with Crippen molar-refractivity contribution in [3.8, 4) is 5.75 Å². The predicted molar refractivity (Wildman–Crippen MR) is 99.3 cm³/mol. The van der Waals surface area contributed by atoms with E-state index in [1.807, 2.05) is 6.92 Å². The number of nitrogens with one attached hydrogen (secondary N) is 2. The molecule has 7 nitrogen and oxygen atoms in total. The summed E-state index contributed by atoms with van der Waals surface area (Å²) >= 11 is 0. The first-order valence-corrected chi connectivity index (χ1v) is 10.1. The number of carbonyl (C=O) groups is 1. The third-order valence-electron chi connectivity index (χ3n) is 4.69. The van der Waals surface area contributed by atoms with Crippen molar-refractivity contribution in [2.75, 3.05) is 22.9 Å². The van der Waals surface area contributed by atoms with Crippen molar-refractivity contribution in [3.63, 3.8) is 0 Å². The third kappa shape index (κ3) is 4.85. The van der Waals surface area contributed by atoms with Crippen molar-refractivity contribution in [2.45, 2.75) is 45.1 Å². The van der Waals surface area contributed by atoms with Crippen LogP contribution < -0.4 is 20.5 Å². The van der Waals surface area contributed by atoms with Gasteiger partial charge in [0.2, 0.25) is 15.9 Å². The number of rotatable bonds is 6. The van der Waals surface area contributed by atoms with E-state index in [-0.39, 0.29) is 17.6 Å². The Kier molecular flexibility index (Phi) is 5.95. The molecule has 0 saturated heterocycles. The number of benzene rings is 1. The van der Waals surface area contributed by atoms with Crippen LogP contribution in [0.2, 0.25) is 0 Å². The summed E-state index contributed by atoms with van der Waals surface area (Å²) in [6, 6.07) is 4.82. The highest BCUT2D eigenvalue weighted by atomic mass is 32.2. The standard InChI is InChI=1S/C17H27N3O4S/c1-4-25(22,23)20-14-9-8-12(11-15(14)24-3)19-16(21)13-7-5-6-10-17(13,2)18/h8-9,11,13,20H,4-7,10,18H2,1-3H3,(H,19,21). The molecule has 25 heavy (non-hydrogen) atoms. The Bertz CT molecular complexity index is 731. The maximum absolute atomic E-state index is 12.6. The van der Waals surface area contributed by atoms with E-state index >= 15 is 0 Å². The molecule has 0 aliphatic heterocycles. The molecule has 1 saturated carbocycles. The van der Waals surface area contributed by atoms with Gasteiger partial charge in [-0.1, -0.05) is 12.8 Å². The molecular formula is C17H27N3O4S. The summed E-state index contributed by atoms with van der Waals surface area (Å²) in [6.45, 7) is 3.47. The van der Waals surface area contributed by atoms with E-state index in [0.29, 0.717) is 17.1 Å². The molecule has 1 amide bonds. The zero-order valence-corrected chi connectivity index (χ0v) is 15.8. The molecule has 2 rings (SSSR count). The van der Waals surface area contributed by atoms with Crippen molar-refractivity contribution in [1.29, 1.82) is 0 Å². The second-order valence-corrected chi connectivity index (χ2v) is 8.72. The van der Waals surface area contributed by atoms with E-state index in [1.54, 1.807) is 25.1 Å². The van der Waals surface area contributed by atoms with Gasteiger partial charge in [0, 0.05) is 17.3 Å². The lowest BCUT2D eigenvalue weighted by Gasteiger charge is -2.37. The SMILES string of the molecule is CCS(=O)(=O)Nc1ccc(NC(=O)C2CCCCC2(C)N)cc1OC. The zero-order valence-electron chi connectivity index (χ0n) is 15.0. The van der Waals surface area contributed by atoms with Crippen LogP contribution in [0.15, 0.2) is 18.2 Å². The Hall–Kier alpha value is -1.80. The quantitative estimate of drug-likeness (QED) is 0.712. The number of hydrogen-bond acceptors (Lipinski definition) is 5. The molecule has 1 aliphatic rings. The van der Waals surface area contributed by atoms with Gasteiger partial charge in [0.05, 0.1) is 24.5 Å². The van der Waals surface area contributed by atoms with Crippen LogP contribution in [0, 0.1) is 5.92 Å². The molecule has 4 N–H and O–H groups in total. The van der Waals surface area contributed by atoms with Gasteiger partial charge in [0.1, 0.15) is 5.75 Å². The summed E-state index contributed by atoms with van der Waals surface area (Å²) < 4.78 is 31.2. The van der Waals surface area contributed by atoms with E-state index in [0.717, 1.165) is 25.7 Å². The van der Waals surface area contributed by atoms with Crippen LogP contribution >= 0.6 is 0 Å². The Labute approximate surface area is 149 Å². The van der Waals surface area contributed by atoms with Crippen LogP contribution in [-0.2, 0) is 14.8 Å². The first kappa shape index (κ1) is 19.5. The molecule has 2 atom stereocenters. The molecule has 1 aromatic carbocycles. The summed E-state index contributed by atoms with van der Waals surface area (Å²) in [7, 11) is -1.96. The van der Waals surface area contributed by atoms with Crippen LogP contribution in [0.25, 0.3) is 0 Å². The molecule has 2 unspecified atom stereocenters. The Morgan fingerprint density at radius 3 is 2.72 bits per heavy atom. The lowest BCUT2D eigenvalue weighted by atomic mass is 9.74. The van der Waals surface area contributed by atoms with Crippen molar-refractivity contribution < 1.29 is 17.9 Å². The molecular weight excluding hydrogens is 342 g/mol. The van der Waals surface area contributed by atoms with E-state index in [1.165, 1.54) is 7.11 Å². The second kappa shape index (κ2) is 7.61. The molecule has 0 bridgehead atoms. The number of amides is 1. The van der Waals surface area contributed by atoms with Gasteiger partial charge < -0.3 is 15.8 Å². The van der Waals surface area contributed by atoms with Gasteiger partial charge >= 0.3 is 0 Å². The van der Waals surface area contributed by atoms with Crippen molar-refractivity contribution in [1.82, 2.24) is 0 Å². The summed E-state index contributed by atoms with van der Waals surface area (Å²) in [4.78, 5) is 12.6. The number of sulfonamides is 1. The van der Waals surface area contributed by atoms with Gasteiger partial charge in [-0.25, -0.2) is 8.42 Å². The fourth-order valence-corrected chi connectivity index (χ4v) is 3.76. The highest BCUT2D eigenvalue weighted by Gasteiger charge is 2.37. The van der Waals surface area contributed by atoms with E-state index in [2.05, 4.69) is 10.0 Å². The number of anilines is 2. The van der Waals surface area contributed by atoms with Gasteiger partial charge in [0.15, 0.2) is 0 Å². The van der Waals surface area contributed by atoms with Crippen molar-refractivity contribution >= 4 is 27.3 Å². The van der Waals surface area contributed by atoms with Gasteiger partial charge in [-0.15, -0.1) is 0 Å². The molecule has 0 radical (unpaired) electrons. The monoisotopic (exact) mass is 369 g/mol. The lowest BCUT2D eigenvalue weighted by molar-refractivity contribution is -0.122. The van der Waals surface area contributed by atoms with Gasteiger partial charge in [-0.05, 0) is 38.8 Å². The first-order chi connectivity index (χ1) is 11.7.